The summed E-state index contributed by atoms with van der Waals surface area (Å²) in [6.07, 6.45) is 0. The molecule has 5 heteroatoms. The molecule has 0 radical (unpaired) electrons. The summed E-state index contributed by atoms with van der Waals surface area (Å²) in [5, 5.41) is 12.3. The van der Waals surface area contributed by atoms with Gasteiger partial charge in [-0.25, -0.2) is 9.64 Å². The highest BCUT2D eigenvalue weighted by molar-refractivity contribution is 6.09. The van der Waals surface area contributed by atoms with Crippen LogP contribution in [0, 0.1) is 20.4 Å². The van der Waals surface area contributed by atoms with Gasteiger partial charge in [0.15, 0.2) is 11.4 Å². The number of anilines is 2. The lowest BCUT2D eigenvalue weighted by Gasteiger charge is -2.43. The molecule has 2 amide bonds. The summed E-state index contributed by atoms with van der Waals surface area (Å²) < 4.78 is 0. The molecule has 1 fully saturated rings. The van der Waals surface area contributed by atoms with E-state index in [2.05, 4.69) is 4.85 Å². The Kier molecular flexibility index (Phi) is 4.83. The third-order valence-corrected chi connectivity index (χ3v) is 6.07. The summed E-state index contributed by atoms with van der Waals surface area (Å²) in [7, 11) is 0. The van der Waals surface area contributed by atoms with Crippen molar-refractivity contribution in [1.29, 1.82) is 0 Å². The molecule has 0 spiro atoms. The third-order valence-electron chi connectivity index (χ3n) is 6.07. The van der Waals surface area contributed by atoms with E-state index in [1.165, 1.54) is 4.90 Å². The molecule has 0 saturated carbocycles. The number of nitrogens with zero attached hydrogens (tertiary/aromatic N) is 3. The first-order chi connectivity index (χ1) is 14.7. The Morgan fingerprint density at radius 1 is 0.839 bits per heavy atom. The van der Waals surface area contributed by atoms with Crippen molar-refractivity contribution in [2.45, 2.75) is 39.0 Å². The molecule has 1 aliphatic heterocycles. The Morgan fingerprint density at radius 3 is 2.00 bits per heavy atom. The van der Waals surface area contributed by atoms with Crippen molar-refractivity contribution in [3.05, 3.63) is 101 Å². The highest BCUT2D eigenvalue weighted by Crippen LogP contribution is 2.50. The average Bonchev–Trinajstić information content (AvgIpc) is 2.91. The Hall–Kier alpha value is -3.62. The van der Waals surface area contributed by atoms with Crippen molar-refractivity contribution in [3.8, 4) is 0 Å². The fraction of sp³-hybridized carbons (Fsp3) is 0.231. The molecule has 31 heavy (non-hydrogen) atoms. The molecule has 0 aromatic heterocycles. The Balaban J connectivity index is 1.96. The molecule has 1 N–H and O–H groups in total. The lowest BCUT2D eigenvalue weighted by molar-refractivity contribution is -0.00251. The molecule has 1 saturated heterocycles. The molecule has 3 aromatic rings. The van der Waals surface area contributed by atoms with Crippen molar-refractivity contribution in [1.82, 2.24) is 0 Å². The number of urea groups is 1. The molecule has 4 rings (SSSR count). The van der Waals surface area contributed by atoms with Crippen molar-refractivity contribution in [2.24, 2.45) is 0 Å². The van der Waals surface area contributed by atoms with E-state index in [1.54, 1.807) is 29.2 Å². The second kappa shape index (κ2) is 7.26. The van der Waals surface area contributed by atoms with E-state index in [0.717, 1.165) is 11.1 Å². The van der Waals surface area contributed by atoms with E-state index >= 15 is 0 Å². The first kappa shape index (κ1) is 20.6. The third kappa shape index (κ3) is 3.08. The van der Waals surface area contributed by atoms with Gasteiger partial charge in [0.05, 0.1) is 12.1 Å². The number of carbonyl (C=O) groups is 1. The average molecular weight is 412 g/mol. The van der Waals surface area contributed by atoms with Gasteiger partial charge in [-0.3, -0.25) is 9.80 Å². The van der Waals surface area contributed by atoms with Crippen LogP contribution in [0.4, 0.5) is 21.9 Å². The summed E-state index contributed by atoms with van der Waals surface area (Å²) in [6, 6.07) is 21.7. The molecule has 0 aliphatic carbocycles. The minimum Gasteiger partial charge on any atom is -0.365 e. The van der Waals surface area contributed by atoms with E-state index in [4.69, 9.17) is 6.57 Å². The van der Waals surface area contributed by atoms with Crippen LogP contribution in [0.5, 0.6) is 0 Å². The standard InChI is InChI=1S/C26H25N3O2/c1-18-9-13-22(14-10-18)28-24(30)29(23-15-11-21(27-5)12-16-23)26(31,25(28,3)4)20-8-6-7-19(2)17-20/h6-17,31H,1-4H3. The first-order valence-electron chi connectivity index (χ1n) is 10.2. The number of amides is 2. The fourth-order valence-electron chi connectivity index (χ4n) is 4.35. The minimum absolute atomic E-state index is 0.326. The van der Waals surface area contributed by atoms with Crippen LogP contribution in [-0.4, -0.2) is 16.7 Å². The molecule has 5 nitrogen and oxygen atoms in total. The lowest BCUT2D eigenvalue weighted by Crippen LogP contribution is -2.56. The summed E-state index contributed by atoms with van der Waals surface area (Å²) in [5.41, 5.74) is 1.81. The SMILES string of the molecule is [C-]#[N+]c1ccc(N2C(=O)N(c3ccc(C)cc3)C(C)(C)C2(O)c2cccc(C)c2)cc1. The van der Waals surface area contributed by atoms with Crippen molar-refractivity contribution in [3.63, 3.8) is 0 Å². The number of benzene rings is 3. The van der Waals surface area contributed by atoms with Gasteiger partial charge in [-0.1, -0.05) is 59.7 Å². The van der Waals surface area contributed by atoms with Gasteiger partial charge in [0.25, 0.3) is 0 Å². The molecule has 1 aliphatic rings. The van der Waals surface area contributed by atoms with Gasteiger partial charge in [-0.15, -0.1) is 0 Å². The van der Waals surface area contributed by atoms with Gasteiger partial charge in [-0.2, -0.15) is 0 Å². The topological polar surface area (TPSA) is 48.1 Å². The molecular formula is C26H25N3O2. The maximum Gasteiger partial charge on any atom is 0.332 e. The highest BCUT2D eigenvalue weighted by Gasteiger charge is 2.63. The quantitative estimate of drug-likeness (QED) is 0.544. The largest absolute Gasteiger partial charge is 0.365 e. The summed E-state index contributed by atoms with van der Waals surface area (Å²) in [6.45, 7) is 14.9. The van der Waals surface area contributed by atoms with Crippen molar-refractivity contribution < 1.29 is 9.90 Å². The normalized spacial score (nSPS) is 20.1. The van der Waals surface area contributed by atoms with E-state index in [1.807, 2.05) is 76.2 Å². The molecule has 156 valence electrons. The van der Waals surface area contributed by atoms with Crippen molar-refractivity contribution in [2.75, 3.05) is 9.80 Å². The fourth-order valence-corrected chi connectivity index (χ4v) is 4.35. The molecule has 1 heterocycles. The Labute approximate surface area is 183 Å². The molecular weight excluding hydrogens is 386 g/mol. The summed E-state index contributed by atoms with van der Waals surface area (Å²) in [4.78, 5) is 20.4. The Morgan fingerprint density at radius 2 is 1.42 bits per heavy atom. The van der Waals surface area contributed by atoms with Crippen LogP contribution in [0.15, 0.2) is 72.8 Å². The smallest absolute Gasteiger partial charge is 0.332 e. The lowest BCUT2D eigenvalue weighted by atomic mass is 9.83. The van der Waals surface area contributed by atoms with E-state index < -0.39 is 11.3 Å². The van der Waals surface area contributed by atoms with E-state index in [0.29, 0.717) is 22.6 Å². The zero-order chi connectivity index (χ0) is 22.4. The summed E-state index contributed by atoms with van der Waals surface area (Å²) >= 11 is 0. The number of aryl methyl sites for hydroxylation is 2. The highest BCUT2D eigenvalue weighted by atomic mass is 16.3. The molecule has 0 bridgehead atoms. The van der Waals surface area contributed by atoms with Crippen molar-refractivity contribution >= 4 is 23.1 Å². The van der Waals surface area contributed by atoms with Gasteiger partial charge in [-0.05, 0) is 52.0 Å². The van der Waals surface area contributed by atoms with Crippen LogP contribution in [-0.2, 0) is 5.72 Å². The van der Waals surface area contributed by atoms with E-state index in [9.17, 15) is 9.90 Å². The Bertz CT molecular complexity index is 1180. The maximum absolute atomic E-state index is 13.9. The number of hydrogen-bond donors (Lipinski definition) is 1. The van der Waals surface area contributed by atoms with Gasteiger partial charge >= 0.3 is 6.03 Å². The van der Waals surface area contributed by atoms with Crippen LogP contribution >= 0.6 is 0 Å². The van der Waals surface area contributed by atoms with Gasteiger partial charge < -0.3 is 5.11 Å². The van der Waals surface area contributed by atoms with Gasteiger partial charge in [0.2, 0.25) is 0 Å². The van der Waals surface area contributed by atoms with Crippen LogP contribution in [0.1, 0.15) is 30.5 Å². The summed E-state index contributed by atoms with van der Waals surface area (Å²) in [5.74, 6) is 0. The second-order valence-corrected chi connectivity index (χ2v) is 8.52. The monoisotopic (exact) mass is 411 g/mol. The molecule has 3 aromatic carbocycles. The van der Waals surface area contributed by atoms with Crippen LogP contribution < -0.4 is 9.80 Å². The number of rotatable bonds is 3. The zero-order valence-electron chi connectivity index (χ0n) is 18.1. The van der Waals surface area contributed by atoms with Crippen LogP contribution in [0.2, 0.25) is 0 Å². The molecule has 1 unspecified atom stereocenters. The minimum atomic E-state index is -1.64. The van der Waals surface area contributed by atoms with E-state index in [-0.39, 0.29) is 6.03 Å². The zero-order valence-corrected chi connectivity index (χ0v) is 18.1. The first-order valence-corrected chi connectivity index (χ1v) is 10.2. The number of hydrogen-bond acceptors (Lipinski definition) is 2. The van der Waals surface area contributed by atoms with Gasteiger partial charge in [0, 0.05) is 16.9 Å². The molecule has 1 atom stereocenters. The predicted octanol–water partition coefficient (Wildman–Crippen LogP) is 5.92. The second-order valence-electron chi connectivity index (χ2n) is 8.52. The maximum atomic E-state index is 13.9. The van der Waals surface area contributed by atoms with Gasteiger partial charge in [0.1, 0.15) is 0 Å². The number of aliphatic hydroxyl groups is 1. The number of carbonyl (C=O) groups excluding carboxylic acids is 1. The van der Waals surface area contributed by atoms with Crippen LogP contribution in [0.3, 0.4) is 0 Å². The predicted molar refractivity (Wildman–Crippen MR) is 123 cm³/mol. The van der Waals surface area contributed by atoms with Crippen LogP contribution in [0.25, 0.3) is 4.85 Å².